The minimum atomic E-state index is 0.192. The number of nitrogens with zero attached hydrogens (tertiary/aromatic N) is 1. The Kier molecular flexibility index (Phi) is 6.33. The fourth-order valence-electron chi connectivity index (χ4n) is 1.54. The monoisotopic (exact) mass is 202 g/mol. The molecule has 2 N–H and O–H groups in total. The van der Waals surface area contributed by atoms with Gasteiger partial charge in [0.15, 0.2) is 0 Å². The molecule has 0 aromatic carbocycles. The first-order valence-electron chi connectivity index (χ1n) is 5.40. The molecule has 0 aliphatic rings. The highest BCUT2D eigenvalue weighted by Crippen LogP contribution is 2.16. The van der Waals surface area contributed by atoms with Crippen molar-refractivity contribution in [2.24, 2.45) is 11.1 Å². The van der Waals surface area contributed by atoms with Crippen LogP contribution in [0.2, 0.25) is 0 Å². The molecule has 0 bridgehead atoms. The number of likely N-dealkylation sites (N-methyl/N-ethyl adjacent to an activating group) is 1. The van der Waals surface area contributed by atoms with Crippen molar-refractivity contribution in [2.45, 2.75) is 33.7 Å². The predicted molar refractivity (Wildman–Crippen MR) is 61.4 cm³/mol. The first-order valence-corrected chi connectivity index (χ1v) is 5.40. The molecule has 0 rings (SSSR count). The summed E-state index contributed by atoms with van der Waals surface area (Å²) in [4.78, 5) is 2.41. The van der Waals surface area contributed by atoms with E-state index in [1.807, 2.05) is 0 Å². The maximum atomic E-state index is 5.73. The highest BCUT2D eigenvalue weighted by atomic mass is 16.5. The summed E-state index contributed by atoms with van der Waals surface area (Å²) < 4.78 is 5.16. The van der Waals surface area contributed by atoms with Crippen LogP contribution < -0.4 is 5.73 Å². The van der Waals surface area contributed by atoms with Gasteiger partial charge in [0.2, 0.25) is 0 Å². The summed E-state index contributed by atoms with van der Waals surface area (Å²) in [5.41, 5.74) is 5.92. The molecule has 0 aliphatic carbocycles. The lowest BCUT2D eigenvalue weighted by atomic mass is 9.92. The van der Waals surface area contributed by atoms with Gasteiger partial charge in [-0.2, -0.15) is 0 Å². The Bertz CT molecular complexity index is 148. The normalized spacial score (nSPS) is 14.8. The van der Waals surface area contributed by atoms with Gasteiger partial charge in [-0.25, -0.2) is 0 Å². The summed E-state index contributed by atoms with van der Waals surface area (Å²) >= 11 is 0. The molecule has 0 heterocycles. The van der Waals surface area contributed by atoms with E-state index in [2.05, 4.69) is 32.6 Å². The SMILES string of the molecule is CCN(CC(C)(C)CN)C(C)COC. The topological polar surface area (TPSA) is 38.5 Å². The van der Waals surface area contributed by atoms with Crippen molar-refractivity contribution < 1.29 is 4.74 Å². The maximum absolute atomic E-state index is 5.73. The molecule has 0 amide bonds. The van der Waals surface area contributed by atoms with Crippen LogP contribution in [0.5, 0.6) is 0 Å². The van der Waals surface area contributed by atoms with Gasteiger partial charge in [0.05, 0.1) is 6.61 Å². The Morgan fingerprint density at radius 1 is 1.43 bits per heavy atom. The third-order valence-electron chi connectivity index (χ3n) is 2.62. The van der Waals surface area contributed by atoms with Crippen LogP contribution in [0.4, 0.5) is 0 Å². The van der Waals surface area contributed by atoms with E-state index in [9.17, 15) is 0 Å². The second-order valence-corrected chi connectivity index (χ2v) is 4.74. The van der Waals surface area contributed by atoms with E-state index in [4.69, 9.17) is 10.5 Å². The second-order valence-electron chi connectivity index (χ2n) is 4.74. The zero-order valence-corrected chi connectivity index (χ0v) is 10.3. The van der Waals surface area contributed by atoms with Gasteiger partial charge < -0.3 is 10.5 Å². The number of rotatable bonds is 7. The van der Waals surface area contributed by atoms with E-state index in [0.29, 0.717) is 6.04 Å². The largest absolute Gasteiger partial charge is 0.383 e. The molecule has 0 fully saturated rings. The molecule has 3 nitrogen and oxygen atoms in total. The first-order chi connectivity index (χ1) is 6.46. The summed E-state index contributed by atoms with van der Waals surface area (Å²) in [5, 5.41) is 0. The van der Waals surface area contributed by atoms with Gasteiger partial charge in [-0.15, -0.1) is 0 Å². The Labute approximate surface area is 88.6 Å². The number of ether oxygens (including phenoxy) is 1. The number of nitrogens with two attached hydrogens (primary N) is 1. The van der Waals surface area contributed by atoms with Gasteiger partial charge in [0, 0.05) is 19.7 Å². The Morgan fingerprint density at radius 3 is 2.36 bits per heavy atom. The van der Waals surface area contributed by atoms with E-state index in [1.54, 1.807) is 7.11 Å². The van der Waals surface area contributed by atoms with Crippen molar-refractivity contribution in [3.8, 4) is 0 Å². The van der Waals surface area contributed by atoms with Crippen molar-refractivity contribution in [3.63, 3.8) is 0 Å². The van der Waals surface area contributed by atoms with Crippen LogP contribution in [0.3, 0.4) is 0 Å². The lowest BCUT2D eigenvalue weighted by Crippen LogP contribution is -2.44. The standard InChI is InChI=1S/C11H26N2O/c1-6-13(10(2)7-14-5)9-11(3,4)8-12/h10H,6-9,12H2,1-5H3. The molecule has 0 aromatic rings. The summed E-state index contributed by atoms with van der Waals surface area (Å²) in [6.45, 7) is 12.4. The lowest BCUT2D eigenvalue weighted by Gasteiger charge is -2.34. The molecule has 0 aromatic heterocycles. The third kappa shape index (κ3) is 4.94. The quantitative estimate of drug-likeness (QED) is 0.677. The molecule has 1 atom stereocenters. The summed E-state index contributed by atoms with van der Waals surface area (Å²) in [6, 6.07) is 0.468. The molecular formula is C11H26N2O. The second kappa shape index (κ2) is 6.38. The van der Waals surface area contributed by atoms with Gasteiger partial charge in [0.25, 0.3) is 0 Å². The highest BCUT2D eigenvalue weighted by Gasteiger charge is 2.22. The van der Waals surface area contributed by atoms with Crippen LogP contribution in [0, 0.1) is 5.41 Å². The van der Waals surface area contributed by atoms with E-state index >= 15 is 0 Å². The number of hydrogen-bond donors (Lipinski definition) is 1. The Morgan fingerprint density at radius 2 is 2.00 bits per heavy atom. The average Bonchev–Trinajstić information content (AvgIpc) is 2.14. The smallest absolute Gasteiger partial charge is 0.0615 e. The van der Waals surface area contributed by atoms with Crippen LogP contribution in [-0.2, 0) is 4.74 Å². The zero-order chi connectivity index (χ0) is 11.2. The van der Waals surface area contributed by atoms with Crippen molar-refractivity contribution in [1.29, 1.82) is 0 Å². The summed E-state index contributed by atoms with van der Waals surface area (Å²) in [6.07, 6.45) is 0. The molecular weight excluding hydrogens is 176 g/mol. The van der Waals surface area contributed by atoms with Crippen LogP contribution >= 0.6 is 0 Å². The Balaban J connectivity index is 4.14. The van der Waals surface area contributed by atoms with E-state index in [-0.39, 0.29) is 5.41 Å². The third-order valence-corrected chi connectivity index (χ3v) is 2.62. The number of methoxy groups -OCH3 is 1. The summed E-state index contributed by atoms with van der Waals surface area (Å²) in [7, 11) is 1.75. The predicted octanol–water partition coefficient (Wildman–Crippen LogP) is 1.33. The molecule has 1 unspecified atom stereocenters. The highest BCUT2D eigenvalue weighted by molar-refractivity contribution is 4.77. The first kappa shape index (κ1) is 13.9. The van der Waals surface area contributed by atoms with Crippen LogP contribution in [0.1, 0.15) is 27.7 Å². The van der Waals surface area contributed by atoms with Crippen molar-refractivity contribution in [2.75, 3.05) is 33.4 Å². The molecule has 14 heavy (non-hydrogen) atoms. The molecule has 0 aliphatic heterocycles. The minimum absolute atomic E-state index is 0.192. The molecule has 0 saturated carbocycles. The van der Waals surface area contributed by atoms with Crippen LogP contribution in [0.15, 0.2) is 0 Å². The van der Waals surface area contributed by atoms with Crippen molar-refractivity contribution in [3.05, 3.63) is 0 Å². The van der Waals surface area contributed by atoms with Gasteiger partial charge in [-0.1, -0.05) is 20.8 Å². The van der Waals surface area contributed by atoms with Gasteiger partial charge in [0.1, 0.15) is 0 Å². The molecule has 0 spiro atoms. The van der Waals surface area contributed by atoms with Crippen LogP contribution in [-0.4, -0.2) is 44.3 Å². The van der Waals surface area contributed by atoms with E-state index in [0.717, 1.165) is 26.2 Å². The zero-order valence-electron chi connectivity index (χ0n) is 10.3. The van der Waals surface area contributed by atoms with Gasteiger partial charge in [-0.3, -0.25) is 4.90 Å². The number of hydrogen-bond acceptors (Lipinski definition) is 3. The lowest BCUT2D eigenvalue weighted by molar-refractivity contribution is 0.0777. The van der Waals surface area contributed by atoms with Crippen molar-refractivity contribution in [1.82, 2.24) is 4.90 Å². The maximum Gasteiger partial charge on any atom is 0.0615 e. The molecule has 86 valence electrons. The Hall–Kier alpha value is -0.120. The molecule has 0 saturated heterocycles. The van der Waals surface area contributed by atoms with Crippen LogP contribution in [0.25, 0.3) is 0 Å². The van der Waals surface area contributed by atoms with E-state index in [1.165, 1.54) is 0 Å². The van der Waals surface area contributed by atoms with Crippen molar-refractivity contribution >= 4 is 0 Å². The van der Waals surface area contributed by atoms with Gasteiger partial charge >= 0.3 is 0 Å². The minimum Gasteiger partial charge on any atom is -0.383 e. The molecule has 3 heteroatoms. The van der Waals surface area contributed by atoms with E-state index < -0.39 is 0 Å². The fraction of sp³-hybridized carbons (Fsp3) is 1.00. The van der Waals surface area contributed by atoms with Gasteiger partial charge in [-0.05, 0) is 25.4 Å². The average molecular weight is 202 g/mol. The summed E-state index contributed by atoms with van der Waals surface area (Å²) in [5.74, 6) is 0. The fourth-order valence-corrected chi connectivity index (χ4v) is 1.54. The molecule has 0 radical (unpaired) electrons.